The molecular weight excluding hydrogens is 212 g/mol. The lowest BCUT2D eigenvalue weighted by Crippen LogP contribution is -2.57. The van der Waals surface area contributed by atoms with E-state index in [1.165, 1.54) is 58.0 Å². The maximum atomic E-state index is 6.09. The molecule has 1 saturated heterocycles. The first kappa shape index (κ1) is 13.3. The van der Waals surface area contributed by atoms with Crippen LogP contribution in [0.2, 0.25) is 0 Å². The smallest absolute Gasteiger partial charge is 0.0599 e. The van der Waals surface area contributed by atoms with E-state index in [2.05, 4.69) is 11.8 Å². The monoisotopic (exact) mass is 240 g/mol. The van der Waals surface area contributed by atoms with Crippen molar-refractivity contribution in [1.29, 1.82) is 0 Å². The van der Waals surface area contributed by atoms with Gasteiger partial charge in [-0.05, 0) is 32.6 Å². The van der Waals surface area contributed by atoms with Gasteiger partial charge in [-0.25, -0.2) is 0 Å². The maximum Gasteiger partial charge on any atom is 0.0599 e. The number of nitrogens with zero attached hydrogens (tertiary/aromatic N) is 1. The summed E-state index contributed by atoms with van der Waals surface area (Å²) in [7, 11) is 0. The third kappa shape index (κ3) is 3.01. The van der Waals surface area contributed by atoms with Gasteiger partial charge in [0.2, 0.25) is 0 Å². The zero-order chi connectivity index (χ0) is 12.1. The second kappa shape index (κ2) is 6.17. The number of nitrogens with two attached hydrogens (primary N) is 1. The molecule has 0 aromatic rings. The standard InChI is InChI=1S/C14H28N2O/c1-2-17-13-6-10-16(11-7-13)14(12-15)8-4-3-5-9-14/h13H,2-12,15H2,1H3. The van der Waals surface area contributed by atoms with E-state index in [-0.39, 0.29) is 0 Å². The minimum Gasteiger partial charge on any atom is -0.378 e. The largest absolute Gasteiger partial charge is 0.378 e. The number of likely N-dealkylation sites (tertiary alicyclic amines) is 1. The van der Waals surface area contributed by atoms with Gasteiger partial charge in [-0.1, -0.05) is 19.3 Å². The Labute approximate surface area is 106 Å². The van der Waals surface area contributed by atoms with Gasteiger partial charge in [0.1, 0.15) is 0 Å². The molecule has 0 bridgehead atoms. The van der Waals surface area contributed by atoms with Crippen molar-refractivity contribution in [2.75, 3.05) is 26.2 Å². The van der Waals surface area contributed by atoms with E-state index < -0.39 is 0 Å². The predicted molar refractivity (Wildman–Crippen MR) is 71.1 cm³/mol. The molecule has 0 amide bonds. The lowest BCUT2D eigenvalue weighted by Gasteiger charge is -2.48. The Morgan fingerprint density at radius 1 is 1.18 bits per heavy atom. The summed E-state index contributed by atoms with van der Waals surface area (Å²) in [5, 5.41) is 0. The first-order chi connectivity index (χ1) is 8.30. The van der Waals surface area contributed by atoms with Gasteiger partial charge in [-0.3, -0.25) is 4.90 Å². The summed E-state index contributed by atoms with van der Waals surface area (Å²) in [5.74, 6) is 0. The summed E-state index contributed by atoms with van der Waals surface area (Å²) in [6, 6.07) is 0. The van der Waals surface area contributed by atoms with Gasteiger partial charge in [0, 0.05) is 31.8 Å². The molecule has 0 spiro atoms. The Kier molecular flexibility index (Phi) is 4.83. The molecule has 0 aromatic carbocycles. The average molecular weight is 240 g/mol. The van der Waals surface area contributed by atoms with E-state index in [1.807, 2.05) is 0 Å². The van der Waals surface area contributed by atoms with Crippen LogP contribution in [0.1, 0.15) is 51.9 Å². The lowest BCUT2D eigenvalue weighted by molar-refractivity contribution is -0.0286. The molecule has 2 fully saturated rings. The maximum absolute atomic E-state index is 6.09. The zero-order valence-electron chi connectivity index (χ0n) is 11.3. The van der Waals surface area contributed by atoms with Gasteiger partial charge in [-0.2, -0.15) is 0 Å². The van der Waals surface area contributed by atoms with Gasteiger partial charge in [0.25, 0.3) is 0 Å². The number of hydrogen-bond donors (Lipinski definition) is 1. The van der Waals surface area contributed by atoms with Crippen LogP contribution in [0.5, 0.6) is 0 Å². The van der Waals surface area contributed by atoms with Gasteiger partial charge in [0.05, 0.1) is 6.10 Å². The van der Waals surface area contributed by atoms with E-state index in [9.17, 15) is 0 Å². The highest BCUT2D eigenvalue weighted by Crippen LogP contribution is 2.34. The van der Waals surface area contributed by atoms with Gasteiger partial charge in [-0.15, -0.1) is 0 Å². The molecule has 1 heterocycles. The molecule has 1 aliphatic carbocycles. The molecule has 1 aliphatic heterocycles. The molecule has 100 valence electrons. The predicted octanol–water partition coefficient (Wildman–Crippen LogP) is 2.15. The molecule has 2 N–H and O–H groups in total. The van der Waals surface area contributed by atoms with Crippen molar-refractivity contribution in [2.24, 2.45) is 5.73 Å². The molecule has 3 heteroatoms. The van der Waals surface area contributed by atoms with Crippen LogP contribution in [0.25, 0.3) is 0 Å². The van der Waals surface area contributed by atoms with Crippen LogP contribution < -0.4 is 5.73 Å². The molecule has 2 rings (SSSR count). The van der Waals surface area contributed by atoms with Crippen LogP contribution in [0, 0.1) is 0 Å². The molecule has 1 saturated carbocycles. The zero-order valence-corrected chi connectivity index (χ0v) is 11.3. The Balaban J connectivity index is 1.89. The Morgan fingerprint density at radius 2 is 1.82 bits per heavy atom. The second-order valence-electron chi connectivity index (χ2n) is 5.63. The quantitative estimate of drug-likeness (QED) is 0.818. The van der Waals surface area contributed by atoms with Crippen molar-refractivity contribution in [3.05, 3.63) is 0 Å². The molecule has 2 aliphatic rings. The van der Waals surface area contributed by atoms with Crippen LogP contribution in [0.15, 0.2) is 0 Å². The van der Waals surface area contributed by atoms with Crippen molar-refractivity contribution in [3.63, 3.8) is 0 Å². The fourth-order valence-electron chi connectivity index (χ4n) is 3.59. The molecular formula is C14H28N2O. The van der Waals surface area contributed by atoms with E-state index in [1.54, 1.807) is 0 Å². The topological polar surface area (TPSA) is 38.5 Å². The summed E-state index contributed by atoms with van der Waals surface area (Å²) in [4.78, 5) is 2.67. The SMILES string of the molecule is CCOC1CCN(C2(CN)CCCCC2)CC1. The van der Waals surface area contributed by atoms with E-state index in [4.69, 9.17) is 10.5 Å². The number of ether oxygens (including phenoxy) is 1. The summed E-state index contributed by atoms with van der Waals surface area (Å²) >= 11 is 0. The van der Waals surface area contributed by atoms with Crippen molar-refractivity contribution < 1.29 is 4.74 Å². The third-order valence-corrected chi connectivity index (χ3v) is 4.68. The average Bonchev–Trinajstić information content (AvgIpc) is 2.41. The molecule has 0 unspecified atom stereocenters. The van der Waals surface area contributed by atoms with Crippen LogP contribution in [-0.2, 0) is 4.74 Å². The minimum atomic E-state index is 0.329. The van der Waals surface area contributed by atoms with Crippen molar-refractivity contribution >= 4 is 0 Å². The summed E-state index contributed by atoms with van der Waals surface area (Å²) in [5.41, 5.74) is 6.42. The molecule has 17 heavy (non-hydrogen) atoms. The van der Waals surface area contributed by atoms with Crippen LogP contribution in [-0.4, -0.2) is 42.8 Å². The van der Waals surface area contributed by atoms with Crippen molar-refractivity contribution in [1.82, 2.24) is 4.90 Å². The van der Waals surface area contributed by atoms with Gasteiger partial charge in [0.15, 0.2) is 0 Å². The Hall–Kier alpha value is -0.120. The van der Waals surface area contributed by atoms with Crippen LogP contribution >= 0.6 is 0 Å². The Bertz CT molecular complexity index is 218. The summed E-state index contributed by atoms with van der Waals surface area (Å²) < 4.78 is 5.73. The molecule has 3 nitrogen and oxygen atoms in total. The fourth-order valence-corrected chi connectivity index (χ4v) is 3.59. The number of hydrogen-bond acceptors (Lipinski definition) is 3. The van der Waals surface area contributed by atoms with Gasteiger partial charge >= 0.3 is 0 Å². The highest BCUT2D eigenvalue weighted by molar-refractivity contribution is 4.95. The highest BCUT2D eigenvalue weighted by atomic mass is 16.5. The lowest BCUT2D eigenvalue weighted by atomic mass is 9.79. The van der Waals surface area contributed by atoms with E-state index >= 15 is 0 Å². The van der Waals surface area contributed by atoms with Gasteiger partial charge < -0.3 is 10.5 Å². The highest BCUT2D eigenvalue weighted by Gasteiger charge is 2.38. The molecule has 0 atom stereocenters. The molecule has 0 aromatic heterocycles. The van der Waals surface area contributed by atoms with E-state index in [0.29, 0.717) is 11.6 Å². The summed E-state index contributed by atoms with van der Waals surface area (Å²) in [6.45, 7) is 6.15. The second-order valence-corrected chi connectivity index (χ2v) is 5.63. The van der Waals surface area contributed by atoms with Crippen LogP contribution in [0.3, 0.4) is 0 Å². The van der Waals surface area contributed by atoms with Crippen molar-refractivity contribution in [2.45, 2.75) is 63.5 Å². The number of rotatable bonds is 4. The Morgan fingerprint density at radius 3 is 2.35 bits per heavy atom. The third-order valence-electron chi connectivity index (χ3n) is 4.68. The fraction of sp³-hybridized carbons (Fsp3) is 1.00. The van der Waals surface area contributed by atoms with E-state index in [0.717, 1.165) is 13.2 Å². The molecule has 0 radical (unpaired) electrons. The van der Waals surface area contributed by atoms with Crippen LogP contribution in [0.4, 0.5) is 0 Å². The number of piperidine rings is 1. The minimum absolute atomic E-state index is 0.329. The first-order valence-corrected chi connectivity index (χ1v) is 7.37. The summed E-state index contributed by atoms with van der Waals surface area (Å²) in [6.07, 6.45) is 9.62. The first-order valence-electron chi connectivity index (χ1n) is 7.37. The van der Waals surface area contributed by atoms with Crippen molar-refractivity contribution in [3.8, 4) is 0 Å². The normalized spacial score (nSPS) is 27.2.